The Bertz CT molecular complexity index is 5030. The first kappa shape index (κ1) is 79.8. The Balaban J connectivity index is 0.000000146. The highest BCUT2D eigenvalue weighted by Gasteiger charge is 2.50. The van der Waals surface area contributed by atoms with E-state index in [1.807, 2.05) is 47.1 Å². The number of rotatable bonds is 13. The normalized spacial score (nSPS) is 17.2. The van der Waals surface area contributed by atoms with Crippen molar-refractivity contribution < 1.29 is 54.2 Å². The summed E-state index contributed by atoms with van der Waals surface area (Å²) in [6.45, 7) is 16.0. The van der Waals surface area contributed by atoms with Crippen LogP contribution in [0.25, 0.3) is 18.2 Å². The van der Waals surface area contributed by atoms with E-state index in [-0.39, 0.29) is 51.2 Å². The molecule has 0 N–H and O–H groups in total. The number of aromatic nitrogens is 3. The first-order chi connectivity index (χ1) is 53.1. The van der Waals surface area contributed by atoms with Crippen molar-refractivity contribution in [3.05, 3.63) is 292 Å². The van der Waals surface area contributed by atoms with Crippen LogP contribution in [0.3, 0.4) is 0 Å². The maximum absolute atomic E-state index is 14.0. The van der Waals surface area contributed by atoms with Gasteiger partial charge in [-0.15, -0.1) is 13.2 Å². The fourth-order valence-electron chi connectivity index (χ4n) is 16.0. The van der Waals surface area contributed by atoms with Gasteiger partial charge in [-0.3, -0.25) is 34.1 Å². The third kappa shape index (κ3) is 18.0. The number of pyridine rings is 3. The minimum absolute atomic E-state index is 0.0365. The number of carbonyl (C=O) groups is 3. The van der Waals surface area contributed by atoms with Gasteiger partial charge in [0.15, 0.2) is 23.3 Å². The lowest BCUT2D eigenvalue weighted by Crippen LogP contribution is -2.46. The van der Waals surface area contributed by atoms with Crippen LogP contribution >= 0.6 is 46.4 Å². The Morgan fingerprint density at radius 2 is 0.811 bits per heavy atom. The smallest absolute Gasteiger partial charge is 0.406 e. The van der Waals surface area contributed by atoms with Crippen molar-refractivity contribution in [2.45, 2.75) is 88.8 Å². The van der Waals surface area contributed by atoms with Crippen LogP contribution in [-0.4, -0.2) is 132 Å². The maximum Gasteiger partial charge on any atom is 0.573 e. The molecule has 0 bridgehead atoms. The van der Waals surface area contributed by atoms with Gasteiger partial charge in [0.25, 0.3) is 17.7 Å². The number of likely N-dealkylation sites (tertiary alicyclic amines) is 3. The topological polar surface area (TPSA) is 119 Å². The summed E-state index contributed by atoms with van der Waals surface area (Å²) < 4.78 is 111. The standard InChI is InChI=1S/C29H27ClF3N3O2.C29H30ClN3O.C28H22Cl2F5N3O/c1-20-4-6-21(7-5-20)3-2-14-35-15-11-28(12-16-35)19-36(27(37)22-10-13-34-26(30)17-22)25-9-8-23(18-24(25)28)38-29(31,32)33;1-21-5-7-23(8-6-21)4-3-15-32-16-12-29(13-17-32)20-33(27-10-9-25(30)19-26(27)29)28(34)24-11-14-31-22(2)18-24;1-15-11-16(12-21(30)36-15)27(39)38-14-28(19-13-17(29)4-5-20(19)38)6-9-37(10-7-28)8-2-3-18-22(31)24(33)26(35)25(34)23(18)32/h2-10,13,17-18H,11-12,14-16,19H2,1H3;3-11,14,18-19H,12-13,15-17,20H2,1-2H3;2-5,11-13H,6-10,14H2,1H3/b3-2+;4-3+;3-2+. The van der Waals surface area contributed by atoms with Gasteiger partial charge in [-0.05, 0) is 224 Å². The lowest BCUT2D eigenvalue weighted by Gasteiger charge is -2.39. The molecule has 0 radical (unpaired) electrons. The molecule has 0 saturated carbocycles. The summed E-state index contributed by atoms with van der Waals surface area (Å²) in [6.07, 6.45) is 14.1. The summed E-state index contributed by atoms with van der Waals surface area (Å²) in [6, 6.07) is 42.6. The SMILES string of the molecule is Cc1cc(C(=O)N2CC3(CCN(C/C=C/c4c(F)c(F)c(F)c(F)c4F)CC3)c3cc(Cl)ccc32)cc(Cl)n1.Cc1ccc(/C=C/CN2CCC3(CC2)CN(C(=O)c2ccnc(C)c2)c2ccc(Cl)cc23)cc1.Cc1ccc(/C=C/CN2CCC3(CC2)CN(C(=O)c2ccnc(Cl)c2)c2ccc(OC(F)(F)F)cc23)cc1. The third-order valence-electron chi connectivity index (χ3n) is 21.9. The number of alkyl halides is 3. The Morgan fingerprint density at radius 1 is 0.432 bits per heavy atom. The van der Waals surface area contributed by atoms with Crippen LogP contribution in [0, 0.1) is 56.8 Å². The highest BCUT2D eigenvalue weighted by atomic mass is 35.5. The second kappa shape index (κ2) is 33.5. The fraction of sp³-hybridized carbons (Fsp3) is 0.302. The number of hydrogen-bond acceptors (Lipinski definition) is 10. The molecule has 15 rings (SSSR count). The molecule has 0 unspecified atom stereocenters. The van der Waals surface area contributed by atoms with Gasteiger partial charge >= 0.3 is 6.36 Å². The first-order valence-corrected chi connectivity index (χ1v) is 38.0. The summed E-state index contributed by atoms with van der Waals surface area (Å²) in [5.74, 6) is -10.6. The van der Waals surface area contributed by atoms with Gasteiger partial charge < -0.3 is 19.4 Å². The average molecular weight is 1600 g/mol. The van der Waals surface area contributed by atoms with Crippen LogP contribution in [0.5, 0.6) is 5.75 Å². The van der Waals surface area contributed by atoms with Crippen molar-refractivity contribution in [3.63, 3.8) is 0 Å². The zero-order valence-corrected chi connectivity index (χ0v) is 64.3. The number of piperidine rings is 3. The average Bonchev–Trinajstić information content (AvgIpc) is 1.60. The zero-order chi connectivity index (χ0) is 78.7. The minimum atomic E-state index is -4.80. The predicted octanol–water partition coefficient (Wildman–Crippen LogP) is 19.8. The molecule has 6 aliphatic rings. The number of hydrogen-bond donors (Lipinski definition) is 0. The number of aryl methyl sites for hydroxylation is 4. The molecule has 3 spiro atoms. The van der Waals surface area contributed by atoms with Gasteiger partial charge in [-0.25, -0.2) is 31.9 Å². The molecule has 9 heterocycles. The lowest BCUT2D eigenvalue weighted by atomic mass is 9.74. The van der Waals surface area contributed by atoms with E-state index in [0.29, 0.717) is 97.1 Å². The van der Waals surface area contributed by atoms with Crippen molar-refractivity contribution in [2.24, 2.45) is 0 Å². The summed E-state index contributed by atoms with van der Waals surface area (Å²) in [4.78, 5) is 65.0. The van der Waals surface area contributed by atoms with Crippen molar-refractivity contribution in [1.29, 1.82) is 0 Å². The molecule has 6 aromatic carbocycles. The van der Waals surface area contributed by atoms with E-state index in [2.05, 4.69) is 122 Å². The van der Waals surface area contributed by atoms with Crippen LogP contribution in [-0.2, 0) is 16.2 Å². The summed E-state index contributed by atoms with van der Waals surface area (Å²) in [5, 5.41) is 1.72. The van der Waals surface area contributed by atoms with E-state index < -0.39 is 46.4 Å². The molecule has 6 aliphatic heterocycles. The number of nitrogens with zero attached hydrogens (tertiary/aromatic N) is 9. The molecule has 25 heteroatoms. The van der Waals surface area contributed by atoms with E-state index in [1.165, 1.54) is 58.8 Å². The van der Waals surface area contributed by atoms with Crippen LogP contribution in [0.2, 0.25) is 20.4 Å². The number of carbonyl (C=O) groups excluding carboxylic acids is 3. The molecule has 13 nitrogen and oxygen atoms in total. The monoisotopic (exact) mass is 1590 g/mol. The van der Waals surface area contributed by atoms with Crippen molar-refractivity contribution >= 4 is 99.4 Å². The summed E-state index contributed by atoms with van der Waals surface area (Å²) in [5.41, 5.74) is 11.3. The number of benzene rings is 6. The molecule has 3 fully saturated rings. The maximum atomic E-state index is 14.0. The van der Waals surface area contributed by atoms with Crippen LogP contribution in [0.4, 0.5) is 52.2 Å². The van der Waals surface area contributed by atoms with E-state index >= 15 is 0 Å². The van der Waals surface area contributed by atoms with Crippen LogP contribution in [0.15, 0.2) is 170 Å². The van der Waals surface area contributed by atoms with Gasteiger partial charge in [0.2, 0.25) is 5.82 Å². The predicted molar refractivity (Wildman–Crippen MR) is 421 cm³/mol. The molecule has 3 aromatic heterocycles. The van der Waals surface area contributed by atoms with Gasteiger partial charge in [0, 0.05) is 123 Å². The highest BCUT2D eigenvalue weighted by Crippen LogP contribution is 2.52. The highest BCUT2D eigenvalue weighted by molar-refractivity contribution is 6.31. The van der Waals surface area contributed by atoms with Crippen molar-refractivity contribution in [1.82, 2.24) is 29.7 Å². The minimum Gasteiger partial charge on any atom is -0.406 e. The second-order valence-electron chi connectivity index (χ2n) is 29.4. The second-order valence-corrected chi connectivity index (χ2v) is 31.0. The molecular weight excluding hydrogens is 1520 g/mol. The molecule has 9 aromatic rings. The Kier molecular flexibility index (Phi) is 24.1. The summed E-state index contributed by atoms with van der Waals surface area (Å²) in [7, 11) is 0. The van der Waals surface area contributed by atoms with E-state index in [1.54, 1.807) is 53.3 Å². The number of fused-ring (bicyclic) bond motifs is 6. The third-order valence-corrected chi connectivity index (χ3v) is 22.8. The van der Waals surface area contributed by atoms with Crippen LogP contribution < -0.4 is 19.4 Å². The molecule has 0 aliphatic carbocycles. The molecular formula is C86H79Cl4F8N9O4. The Hall–Kier alpha value is -9.32. The summed E-state index contributed by atoms with van der Waals surface area (Å²) >= 11 is 24.9. The number of amides is 3. The number of ether oxygens (including phenoxy) is 1. The van der Waals surface area contributed by atoms with Crippen molar-refractivity contribution in [2.75, 3.05) is 93.2 Å². The van der Waals surface area contributed by atoms with Gasteiger partial charge in [-0.2, -0.15) is 0 Å². The van der Waals surface area contributed by atoms with E-state index in [0.717, 1.165) is 91.4 Å². The number of halogens is 12. The zero-order valence-electron chi connectivity index (χ0n) is 61.3. The Morgan fingerprint density at radius 3 is 1.23 bits per heavy atom. The molecule has 111 heavy (non-hydrogen) atoms. The first-order valence-electron chi connectivity index (χ1n) is 36.5. The molecule has 0 atom stereocenters. The number of anilines is 3. The quantitative estimate of drug-likeness (QED) is 0.0478. The molecule has 3 saturated heterocycles. The molecule has 3 amide bonds. The molecule has 576 valence electrons. The van der Waals surface area contributed by atoms with Gasteiger partial charge in [-0.1, -0.05) is 143 Å². The lowest BCUT2D eigenvalue weighted by molar-refractivity contribution is -0.274. The Labute approximate surface area is 659 Å². The van der Waals surface area contributed by atoms with Crippen LogP contribution in [0.1, 0.15) is 125 Å². The largest absolute Gasteiger partial charge is 0.573 e. The fourth-order valence-corrected chi connectivity index (χ4v) is 16.8. The van der Waals surface area contributed by atoms with Gasteiger partial charge in [0.05, 0.1) is 5.56 Å². The van der Waals surface area contributed by atoms with Gasteiger partial charge in [0.1, 0.15) is 16.1 Å². The van der Waals surface area contributed by atoms with E-state index in [4.69, 9.17) is 46.4 Å². The van der Waals surface area contributed by atoms with Crippen molar-refractivity contribution in [3.8, 4) is 5.75 Å². The van der Waals surface area contributed by atoms with E-state index in [9.17, 15) is 49.5 Å².